The number of piperidine rings is 1. The van der Waals surface area contributed by atoms with Crippen LogP contribution in [0.2, 0.25) is 0 Å². The third-order valence-corrected chi connectivity index (χ3v) is 4.55. The van der Waals surface area contributed by atoms with Gasteiger partial charge in [-0.2, -0.15) is 0 Å². The molecule has 1 aliphatic rings. The van der Waals surface area contributed by atoms with Crippen molar-refractivity contribution in [2.45, 2.75) is 83.7 Å². The lowest BCUT2D eigenvalue weighted by Gasteiger charge is -2.48. The molecule has 1 rings (SSSR count). The first-order valence-electron chi connectivity index (χ1n) is 7.64. The molecule has 1 saturated heterocycles. The van der Waals surface area contributed by atoms with E-state index in [9.17, 15) is 0 Å². The minimum absolute atomic E-state index is 0.246. The summed E-state index contributed by atoms with van der Waals surface area (Å²) in [7, 11) is 0. The van der Waals surface area contributed by atoms with Crippen molar-refractivity contribution in [1.82, 2.24) is 4.90 Å². The Morgan fingerprint density at radius 2 is 2.00 bits per heavy atom. The number of likely N-dealkylation sites (tertiary alicyclic amines) is 1. The van der Waals surface area contributed by atoms with Crippen molar-refractivity contribution < 1.29 is 0 Å². The van der Waals surface area contributed by atoms with Gasteiger partial charge in [0.1, 0.15) is 0 Å². The monoisotopic (exact) mass is 240 g/mol. The zero-order valence-corrected chi connectivity index (χ0v) is 12.2. The highest BCUT2D eigenvalue weighted by Crippen LogP contribution is 2.30. The molecule has 2 heteroatoms. The average Bonchev–Trinajstić information content (AvgIpc) is 2.38. The van der Waals surface area contributed by atoms with Crippen LogP contribution in [0.4, 0.5) is 0 Å². The molecule has 1 aliphatic heterocycles. The van der Waals surface area contributed by atoms with E-state index in [1.165, 1.54) is 57.9 Å². The van der Waals surface area contributed by atoms with Crippen LogP contribution in [-0.4, -0.2) is 29.6 Å². The summed E-state index contributed by atoms with van der Waals surface area (Å²) in [5, 5.41) is 0. The standard InChI is InChI=1S/C15H32N2/c1-4-6-8-11-15(3,13-16)17-12-9-7-10-14(17)5-2/h14H,4-13,16H2,1-3H3. The van der Waals surface area contributed by atoms with Gasteiger partial charge in [-0.25, -0.2) is 0 Å². The molecule has 2 nitrogen and oxygen atoms in total. The van der Waals surface area contributed by atoms with Crippen LogP contribution in [0.3, 0.4) is 0 Å². The number of hydrogen-bond donors (Lipinski definition) is 1. The Morgan fingerprint density at radius 1 is 1.24 bits per heavy atom. The van der Waals surface area contributed by atoms with E-state index < -0.39 is 0 Å². The van der Waals surface area contributed by atoms with Crippen molar-refractivity contribution in [2.75, 3.05) is 13.1 Å². The minimum Gasteiger partial charge on any atom is -0.329 e. The Labute approximate surface area is 108 Å². The van der Waals surface area contributed by atoms with Crippen LogP contribution in [0.1, 0.15) is 72.1 Å². The Kier molecular flexibility index (Phi) is 6.50. The first kappa shape index (κ1) is 15.0. The highest BCUT2D eigenvalue weighted by molar-refractivity contribution is 4.92. The predicted octanol–water partition coefficient (Wildman–Crippen LogP) is 3.55. The van der Waals surface area contributed by atoms with Gasteiger partial charge in [-0.1, -0.05) is 39.5 Å². The highest BCUT2D eigenvalue weighted by Gasteiger charge is 2.35. The van der Waals surface area contributed by atoms with Crippen molar-refractivity contribution >= 4 is 0 Å². The molecule has 2 unspecified atom stereocenters. The van der Waals surface area contributed by atoms with Gasteiger partial charge in [-0.05, 0) is 39.2 Å². The smallest absolute Gasteiger partial charge is 0.0306 e. The maximum absolute atomic E-state index is 6.10. The Hall–Kier alpha value is -0.0800. The van der Waals surface area contributed by atoms with E-state index in [0.29, 0.717) is 0 Å². The Bertz CT molecular complexity index is 205. The summed E-state index contributed by atoms with van der Waals surface area (Å²) in [6, 6.07) is 0.777. The number of hydrogen-bond acceptors (Lipinski definition) is 2. The molecule has 2 N–H and O–H groups in total. The van der Waals surface area contributed by atoms with E-state index in [4.69, 9.17) is 5.73 Å². The summed E-state index contributed by atoms with van der Waals surface area (Å²) in [4.78, 5) is 2.73. The molecule has 2 atom stereocenters. The second kappa shape index (κ2) is 7.38. The first-order valence-corrected chi connectivity index (χ1v) is 7.64. The molecule has 17 heavy (non-hydrogen) atoms. The van der Waals surface area contributed by atoms with Crippen LogP contribution in [0.25, 0.3) is 0 Å². The van der Waals surface area contributed by atoms with Crippen LogP contribution >= 0.6 is 0 Å². The molecule has 0 aromatic carbocycles. The molecule has 1 fully saturated rings. The van der Waals surface area contributed by atoms with Gasteiger partial charge in [0, 0.05) is 18.1 Å². The van der Waals surface area contributed by atoms with E-state index >= 15 is 0 Å². The average molecular weight is 240 g/mol. The SMILES string of the molecule is CCCCCC(C)(CN)N1CCCCC1CC. The van der Waals surface area contributed by atoms with Crippen molar-refractivity contribution in [1.29, 1.82) is 0 Å². The molecule has 0 amide bonds. The van der Waals surface area contributed by atoms with Crippen LogP contribution in [-0.2, 0) is 0 Å². The number of nitrogens with two attached hydrogens (primary N) is 1. The number of unbranched alkanes of at least 4 members (excludes halogenated alkanes) is 2. The van der Waals surface area contributed by atoms with E-state index in [1.54, 1.807) is 0 Å². The van der Waals surface area contributed by atoms with Crippen LogP contribution in [0, 0.1) is 0 Å². The molecule has 0 bridgehead atoms. The first-order chi connectivity index (χ1) is 8.18. The van der Waals surface area contributed by atoms with E-state index in [-0.39, 0.29) is 5.54 Å². The second-order valence-electron chi connectivity index (χ2n) is 5.91. The Balaban J connectivity index is 2.61. The summed E-state index contributed by atoms with van der Waals surface area (Å²) in [6.45, 7) is 9.06. The quantitative estimate of drug-likeness (QED) is 0.690. The fraction of sp³-hybridized carbons (Fsp3) is 1.00. The highest BCUT2D eigenvalue weighted by atomic mass is 15.2. The van der Waals surface area contributed by atoms with Gasteiger partial charge in [0.05, 0.1) is 0 Å². The topological polar surface area (TPSA) is 29.3 Å². The lowest BCUT2D eigenvalue weighted by Crippen LogP contribution is -2.57. The fourth-order valence-electron chi connectivity index (χ4n) is 3.25. The van der Waals surface area contributed by atoms with Gasteiger partial charge in [0.15, 0.2) is 0 Å². The van der Waals surface area contributed by atoms with Crippen LogP contribution < -0.4 is 5.73 Å². The molecular formula is C15H32N2. The van der Waals surface area contributed by atoms with Gasteiger partial charge in [0.2, 0.25) is 0 Å². The molecule has 1 heterocycles. The van der Waals surface area contributed by atoms with Crippen molar-refractivity contribution in [3.8, 4) is 0 Å². The summed E-state index contributed by atoms with van der Waals surface area (Å²) in [5.41, 5.74) is 6.34. The van der Waals surface area contributed by atoms with Gasteiger partial charge < -0.3 is 5.73 Å². The van der Waals surface area contributed by atoms with Gasteiger partial charge >= 0.3 is 0 Å². The zero-order valence-electron chi connectivity index (χ0n) is 12.2. The molecule has 0 spiro atoms. The molecular weight excluding hydrogens is 208 g/mol. The number of nitrogens with zero attached hydrogens (tertiary/aromatic N) is 1. The van der Waals surface area contributed by atoms with Crippen LogP contribution in [0.15, 0.2) is 0 Å². The summed E-state index contributed by atoms with van der Waals surface area (Å²) >= 11 is 0. The lowest BCUT2D eigenvalue weighted by atomic mass is 9.86. The summed E-state index contributed by atoms with van der Waals surface area (Å²) in [6.07, 6.45) is 10.7. The third kappa shape index (κ3) is 3.96. The second-order valence-corrected chi connectivity index (χ2v) is 5.91. The van der Waals surface area contributed by atoms with Gasteiger partial charge in [0.25, 0.3) is 0 Å². The van der Waals surface area contributed by atoms with E-state index in [2.05, 4.69) is 25.7 Å². The largest absolute Gasteiger partial charge is 0.329 e. The van der Waals surface area contributed by atoms with Gasteiger partial charge in [-0.15, -0.1) is 0 Å². The maximum atomic E-state index is 6.10. The molecule has 0 radical (unpaired) electrons. The van der Waals surface area contributed by atoms with Crippen molar-refractivity contribution in [2.24, 2.45) is 5.73 Å². The van der Waals surface area contributed by atoms with Crippen molar-refractivity contribution in [3.63, 3.8) is 0 Å². The summed E-state index contributed by atoms with van der Waals surface area (Å²) in [5.74, 6) is 0. The third-order valence-electron chi connectivity index (χ3n) is 4.55. The number of rotatable bonds is 7. The van der Waals surface area contributed by atoms with Crippen molar-refractivity contribution in [3.05, 3.63) is 0 Å². The maximum Gasteiger partial charge on any atom is 0.0306 e. The Morgan fingerprint density at radius 3 is 2.59 bits per heavy atom. The molecule has 0 aliphatic carbocycles. The summed E-state index contributed by atoms with van der Waals surface area (Å²) < 4.78 is 0. The van der Waals surface area contributed by atoms with E-state index in [0.717, 1.165) is 12.6 Å². The fourth-order valence-corrected chi connectivity index (χ4v) is 3.25. The van der Waals surface area contributed by atoms with E-state index in [1.807, 2.05) is 0 Å². The normalized spacial score (nSPS) is 25.8. The zero-order chi connectivity index (χ0) is 12.7. The molecule has 0 aromatic rings. The minimum atomic E-state index is 0.246. The predicted molar refractivity (Wildman–Crippen MR) is 76.2 cm³/mol. The van der Waals surface area contributed by atoms with Crippen LogP contribution in [0.5, 0.6) is 0 Å². The molecule has 0 aromatic heterocycles. The molecule has 102 valence electrons. The van der Waals surface area contributed by atoms with Gasteiger partial charge in [-0.3, -0.25) is 4.90 Å². The lowest BCUT2D eigenvalue weighted by molar-refractivity contribution is 0.0244. The molecule has 0 saturated carbocycles.